The molecule has 0 radical (unpaired) electrons. The lowest BCUT2D eigenvalue weighted by Gasteiger charge is -2.14. The fourth-order valence-electron chi connectivity index (χ4n) is 1.81. The molecule has 1 unspecified atom stereocenters. The fraction of sp³-hybridized carbons (Fsp3) is 0.467. The summed E-state index contributed by atoms with van der Waals surface area (Å²) in [6, 6.07) is 6.48. The summed E-state index contributed by atoms with van der Waals surface area (Å²) in [5, 5.41) is 15.2. The Kier molecular flexibility index (Phi) is 7.19. The van der Waals surface area contributed by atoms with Crippen molar-refractivity contribution in [2.24, 2.45) is 5.92 Å². The lowest BCUT2D eigenvalue weighted by molar-refractivity contribution is -0.120. The van der Waals surface area contributed by atoms with Crippen molar-refractivity contribution in [3.05, 3.63) is 34.9 Å². The molecular formula is C15H21ClN2O3. The molecular weight excluding hydrogens is 292 g/mol. The van der Waals surface area contributed by atoms with Crippen LogP contribution >= 0.6 is 11.6 Å². The first-order valence-corrected chi connectivity index (χ1v) is 7.24. The molecule has 2 amide bonds. The predicted octanol–water partition coefficient (Wildman–Crippen LogP) is 1.59. The molecule has 1 aromatic carbocycles. The Bertz CT molecular complexity index is 492. The SMILES string of the molecule is CC(C)CC(O)CNC(=O)CNC(=O)c1cccc(Cl)c1. The number of aliphatic hydroxyl groups is 1. The van der Waals surface area contributed by atoms with E-state index >= 15 is 0 Å². The Hall–Kier alpha value is -1.59. The molecule has 0 aliphatic rings. The molecule has 1 atom stereocenters. The summed E-state index contributed by atoms with van der Waals surface area (Å²) < 4.78 is 0. The highest BCUT2D eigenvalue weighted by Crippen LogP contribution is 2.10. The maximum Gasteiger partial charge on any atom is 0.251 e. The molecule has 6 heteroatoms. The lowest BCUT2D eigenvalue weighted by atomic mass is 10.1. The molecule has 21 heavy (non-hydrogen) atoms. The van der Waals surface area contributed by atoms with Gasteiger partial charge in [-0.3, -0.25) is 9.59 Å². The number of carbonyl (C=O) groups excluding carboxylic acids is 2. The number of halogens is 1. The summed E-state index contributed by atoms with van der Waals surface area (Å²) in [7, 11) is 0. The Labute approximate surface area is 129 Å². The van der Waals surface area contributed by atoms with Crippen molar-refractivity contribution in [1.29, 1.82) is 0 Å². The van der Waals surface area contributed by atoms with Gasteiger partial charge in [0.25, 0.3) is 5.91 Å². The van der Waals surface area contributed by atoms with E-state index in [1.165, 1.54) is 6.07 Å². The van der Waals surface area contributed by atoms with E-state index in [1.54, 1.807) is 18.2 Å². The number of hydrogen-bond acceptors (Lipinski definition) is 3. The van der Waals surface area contributed by atoms with Gasteiger partial charge in [0.2, 0.25) is 5.91 Å². The van der Waals surface area contributed by atoms with Crippen molar-refractivity contribution in [1.82, 2.24) is 10.6 Å². The zero-order chi connectivity index (χ0) is 15.8. The number of carbonyl (C=O) groups is 2. The highest BCUT2D eigenvalue weighted by Gasteiger charge is 2.11. The molecule has 0 aromatic heterocycles. The molecule has 0 saturated carbocycles. The predicted molar refractivity (Wildman–Crippen MR) is 82.3 cm³/mol. The van der Waals surface area contributed by atoms with E-state index in [2.05, 4.69) is 10.6 Å². The topological polar surface area (TPSA) is 78.4 Å². The lowest BCUT2D eigenvalue weighted by Crippen LogP contribution is -2.40. The summed E-state index contributed by atoms with van der Waals surface area (Å²) in [5.41, 5.74) is 0.398. The van der Waals surface area contributed by atoms with Crippen molar-refractivity contribution >= 4 is 23.4 Å². The first-order valence-electron chi connectivity index (χ1n) is 6.87. The van der Waals surface area contributed by atoms with Gasteiger partial charge in [-0.2, -0.15) is 0 Å². The van der Waals surface area contributed by atoms with Gasteiger partial charge in [0.15, 0.2) is 0 Å². The van der Waals surface area contributed by atoms with Gasteiger partial charge in [-0.1, -0.05) is 31.5 Å². The summed E-state index contributed by atoms with van der Waals surface area (Å²) in [6.07, 6.45) is 0.0485. The Balaban J connectivity index is 2.31. The third-order valence-electron chi connectivity index (χ3n) is 2.77. The standard InChI is InChI=1S/C15H21ClN2O3/c1-10(2)6-13(19)8-17-14(20)9-18-15(21)11-4-3-5-12(16)7-11/h3-5,7,10,13,19H,6,8-9H2,1-2H3,(H,17,20)(H,18,21). The molecule has 0 aliphatic heterocycles. The van der Waals surface area contributed by atoms with E-state index in [1.807, 2.05) is 13.8 Å². The maximum absolute atomic E-state index is 11.8. The molecule has 0 fully saturated rings. The quantitative estimate of drug-likeness (QED) is 0.715. The second-order valence-corrected chi connectivity index (χ2v) is 5.72. The van der Waals surface area contributed by atoms with Crippen LogP contribution in [0.25, 0.3) is 0 Å². The third-order valence-corrected chi connectivity index (χ3v) is 3.01. The molecule has 0 heterocycles. The van der Waals surface area contributed by atoms with Gasteiger partial charge < -0.3 is 15.7 Å². The van der Waals surface area contributed by atoms with E-state index in [0.29, 0.717) is 22.9 Å². The zero-order valence-electron chi connectivity index (χ0n) is 12.2. The van der Waals surface area contributed by atoms with Gasteiger partial charge in [-0.25, -0.2) is 0 Å². The second-order valence-electron chi connectivity index (χ2n) is 5.28. The van der Waals surface area contributed by atoms with Crippen LogP contribution in [0.1, 0.15) is 30.6 Å². The number of rotatable bonds is 7. The molecule has 0 spiro atoms. The van der Waals surface area contributed by atoms with Gasteiger partial charge in [0, 0.05) is 17.1 Å². The Morgan fingerprint density at radius 2 is 2.00 bits per heavy atom. The van der Waals surface area contributed by atoms with Crippen molar-refractivity contribution in [2.45, 2.75) is 26.4 Å². The fourth-order valence-corrected chi connectivity index (χ4v) is 2.00. The van der Waals surface area contributed by atoms with Crippen molar-refractivity contribution in [3.63, 3.8) is 0 Å². The molecule has 5 nitrogen and oxygen atoms in total. The Morgan fingerprint density at radius 3 is 2.62 bits per heavy atom. The monoisotopic (exact) mass is 312 g/mol. The summed E-state index contributed by atoms with van der Waals surface area (Å²) in [6.45, 7) is 4.04. The molecule has 0 bridgehead atoms. The van der Waals surface area contributed by atoms with Crippen LogP contribution in [0.2, 0.25) is 5.02 Å². The number of amides is 2. The highest BCUT2D eigenvalue weighted by atomic mass is 35.5. The molecule has 0 aliphatic carbocycles. The number of benzene rings is 1. The van der Waals surface area contributed by atoms with Crippen LogP contribution in [0.15, 0.2) is 24.3 Å². The minimum atomic E-state index is -0.572. The minimum Gasteiger partial charge on any atom is -0.391 e. The van der Waals surface area contributed by atoms with Crippen LogP contribution in [-0.2, 0) is 4.79 Å². The molecule has 1 aromatic rings. The van der Waals surface area contributed by atoms with Gasteiger partial charge in [-0.15, -0.1) is 0 Å². The van der Waals surface area contributed by atoms with E-state index in [-0.39, 0.29) is 24.9 Å². The van der Waals surface area contributed by atoms with Crippen molar-refractivity contribution in [3.8, 4) is 0 Å². The molecule has 1 rings (SSSR count). The first kappa shape index (κ1) is 17.5. The van der Waals surface area contributed by atoms with E-state index in [4.69, 9.17) is 11.6 Å². The van der Waals surface area contributed by atoms with Crippen LogP contribution in [0.3, 0.4) is 0 Å². The maximum atomic E-state index is 11.8. The third kappa shape index (κ3) is 7.11. The summed E-state index contributed by atoms with van der Waals surface area (Å²) in [4.78, 5) is 23.4. The number of aliphatic hydroxyl groups excluding tert-OH is 1. The average Bonchev–Trinajstić information content (AvgIpc) is 2.41. The van der Waals surface area contributed by atoms with E-state index in [0.717, 1.165) is 0 Å². The average molecular weight is 313 g/mol. The normalized spacial score (nSPS) is 12.0. The summed E-state index contributed by atoms with van der Waals surface area (Å²) in [5.74, 6) is -0.344. The van der Waals surface area contributed by atoms with Gasteiger partial charge in [0.1, 0.15) is 0 Å². The van der Waals surface area contributed by atoms with E-state index < -0.39 is 6.10 Å². The number of nitrogens with one attached hydrogen (secondary N) is 2. The summed E-state index contributed by atoms with van der Waals surface area (Å²) >= 11 is 5.79. The number of hydrogen-bond donors (Lipinski definition) is 3. The van der Waals surface area contributed by atoms with Gasteiger partial charge in [-0.05, 0) is 30.5 Å². The molecule has 116 valence electrons. The first-order chi connectivity index (χ1) is 9.88. The van der Waals surface area contributed by atoms with Crippen LogP contribution in [0.4, 0.5) is 0 Å². The Morgan fingerprint density at radius 1 is 1.29 bits per heavy atom. The minimum absolute atomic E-state index is 0.139. The van der Waals surface area contributed by atoms with E-state index in [9.17, 15) is 14.7 Å². The van der Waals surface area contributed by atoms with Gasteiger partial charge >= 0.3 is 0 Å². The second kappa shape index (κ2) is 8.64. The largest absolute Gasteiger partial charge is 0.391 e. The zero-order valence-corrected chi connectivity index (χ0v) is 13.0. The van der Waals surface area contributed by atoms with Crippen LogP contribution in [-0.4, -0.2) is 36.1 Å². The molecule has 3 N–H and O–H groups in total. The van der Waals surface area contributed by atoms with Crippen LogP contribution < -0.4 is 10.6 Å². The van der Waals surface area contributed by atoms with Crippen LogP contribution in [0.5, 0.6) is 0 Å². The molecule has 0 saturated heterocycles. The van der Waals surface area contributed by atoms with Gasteiger partial charge in [0.05, 0.1) is 12.6 Å². The highest BCUT2D eigenvalue weighted by molar-refractivity contribution is 6.30. The smallest absolute Gasteiger partial charge is 0.251 e. The van der Waals surface area contributed by atoms with Crippen LogP contribution in [0, 0.1) is 5.92 Å². The van der Waals surface area contributed by atoms with Crippen molar-refractivity contribution in [2.75, 3.05) is 13.1 Å². The van der Waals surface area contributed by atoms with Crippen molar-refractivity contribution < 1.29 is 14.7 Å².